The van der Waals surface area contributed by atoms with E-state index in [-0.39, 0.29) is 0 Å². The summed E-state index contributed by atoms with van der Waals surface area (Å²) in [6.07, 6.45) is 74.3. The van der Waals surface area contributed by atoms with Crippen molar-refractivity contribution in [2.24, 2.45) is 0 Å². The molecule has 0 amide bonds. The van der Waals surface area contributed by atoms with E-state index in [0.717, 1.165) is 0 Å². The van der Waals surface area contributed by atoms with Crippen LogP contribution in [0.2, 0.25) is 0 Å². The van der Waals surface area contributed by atoms with Crippen LogP contribution in [0.4, 0.5) is 0 Å². The zero-order valence-electron chi connectivity index (χ0n) is 40.9. The monoisotopic (exact) mass is 812 g/mol. The Morgan fingerprint density at radius 3 is 0.828 bits per heavy atom. The van der Waals surface area contributed by atoms with Gasteiger partial charge in [0.1, 0.15) is 12.4 Å². The summed E-state index contributed by atoms with van der Waals surface area (Å²) in [5, 5.41) is 0. The predicted octanol–water partition coefficient (Wildman–Crippen LogP) is 19.7. The van der Waals surface area contributed by atoms with Crippen molar-refractivity contribution in [3.8, 4) is 0 Å². The van der Waals surface area contributed by atoms with E-state index in [0.29, 0.717) is 0 Å². The van der Waals surface area contributed by atoms with Crippen LogP contribution in [0, 0.1) is 0 Å². The fraction of sp³-hybridized carbons (Fsp3) is 0.946. The van der Waals surface area contributed by atoms with Crippen LogP contribution in [0.25, 0.3) is 0 Å². The fourth-order valence-electron chi connectivity index (χ4n) is 9.51. The van der Waals surface area contributed by atoms with E-state index in [4.69, 9.17) is 0 Å². The van der Waals surface area contributed by atoms with Gasteiger partial charge >= 0.3 is 0 Å². The van der Waals surface area contributed by atoms with E-state index in [1.165, 1.54) is 321 Å². The fourth-order valence-corrected chi connectivity index (χ4v) is 9.51. The van der Waals surface area contributed by atoms with Gasteiger partial charge in [-0.2, -0.15) is 0 Å². The van der Waals surface area contributed by atoms with Crippen molar-refractivity contribution in [3.63, 3.8) is 0 Å². The second kappa shape index (κ2) is 47.3. The number of aromatic nitrogens is 2. The molecule has 0 saturated heterocycles. The first-order valence-corrected chi connectivity index (χ1v) is 27.9. The van der Waals surface area contributed by atoms with E-state index in [2.05, 4.69) is 42.3 Å². The summed E-state index contributed by atoms with van der Waals surface area (Å²) in [7, 11) is 0. The largest absolute Gasteiger partial charge is 0.256 e. The first kappa shape index (κ1) is 55.2. The Morgan fingerprint density at radius 2 is 0.534 bits per heavy atom. The summed E-state index contributed by atoms with van der Waals surface area (Å²) in [5.41, 5.74) is 0. The molecule has 344 valence electrons. The van der Waals surface area contributed by atoms with Gasteiger partial charge in [-0.3, -0.25) is 0 Å². The van der Waals surface area contributed by atoms with Gasteiger partial charge in [0.25, 0.3) is 5.82 Å². The van der Waals surface area contributed by atoms with Crippen LogP contribution in [0.3, 0.4) is 0 Å². The highest BCUT2D eigenvalue weighted by Gasteiger charge is 2.16. The summed E-state index contributed by atoms with van der Waals surface area (Å²) in [4.78, 5) is 0. The van der Waals surface area contributed by atoms with Crippen molar-refractivity contribution in [2.75, 3.05) is 0 Å². The molecule has 0 aromatic carbocycles. The Balaban J connectivity index is 2.23. The highest BCUT2D eigenvalue weighted by atomic mass is 15.1. The summed E-state index contributed by atoms with van der Waals surface area (Å²) >= 11 is 0. The average molecular weight is 813 g/mol. The summed E-state index contributed by atoms with van der Waals surface area (Å²) in [6.45, 7) is 9.42. The van der Waals surface area contributed by atoms with Crippen LogP contribution >= 0.6 is 0 Å². The Labute approximate surface area is 368 Å². The third kappa shape index (κ3) is 38.2. The molecule has 1 heterocycles. The molecule has 0 atom stereocenters. The first-order chi connectivity index (χ1) is 28.8. The maximum absolute atomic E-state index is 2.67. The number of hydrogen-bond donors (Lipinski definition) is 0. The average Bonchev–Trinajstić information content (AvgIpc) is 3.62. The molecule has 2 nitrogen and oxygen atoms in total. The lowest BCUT2D eigenvalue weighted by Gasteiger charge is -2.07. The quantitative estimate of drug-likeness (QED) is 0.0458. The molecule has 0 bridgehead atoms. The summed E-state index contributed by atoms with van der Waals surface area (Å²) < 4.78 is 5.33. The van der Waals surface area contributed by atoms with Gasteiger partial charge in [0.05, 0.1) is 13.1 Å². The molecule has 1 aromatic heterocycles. The molecule has 0 aliphatic heterocycles. The predicted molar refractivity (Wildman–Crippen MR) is 262 cm³/mol. The van der Waals surface area contributed by atoms with Crippen molar-refractivity contribution >= 4 is 0 Å². The van der Waals surface area contributed by atoms with E-state index in [9.17, 15) is 0 Å². The molecule has 58 heavy (non-hydrogen) atoms. The molecule has 0 spiro atoms. The minimum absolute atomic E-state index is 1.23. The van der Waals surface area contributed by atoms with Gasteiger partial charge < -0.3 is 0 Å². The van der Waals surface area contributed by atoms with Gasteiger partial charge in [0, 0.05) is 6.42 Å². The van der Waals surface area contributed by atoms with Crippen molar-refractivity contribution in [1.82, 2.24) is 4.57 Å². The molecule has 0 aliphatic rings. The molecule has 0 radical (unpaired) electrons. The maximum atomic E-state index is 2.67. The van der Waals surface area contributed by atoms with E-state index >= 15 is 0 Å². The summed E-state index contributed by atoms with van der Waals surface area (Å²) in [6, 6.07) is 0. The molecule has 0 N–H and O–H groups in total. The number of aryl methyl sites for hydroxylation is 2. The van der Waals surface area contributed by atoms with Gasteiger partial charge in [0.2, 0.25) is 0 Å². The van der Waals surface area contributed by atoms with Gasteiger partial charge in [-0.15, -0.1) is 0 Å². The maximum Gasteiger partial charge on any atom is 0.256 e. The molecule has 0 fully saturated rings. The van der Waals surface area contributed by atoms with Gasteiger partial charge in [0.15, 0.2) is 0 Å². The van der Waals surface area contributed by atoms with E-state index in [1.54, 1.807) is 5.82 Å². The highest BCUT2D eigenvalue weighted by Crippen LogP contribution is 2.18. The minimum Gasteiger partial charge on any atom is -0.234 e. The highest BCUT2D eigenvalue weighted by molar-refractivity contribution is 4.84. The van der Waals surface area contributed by atoms with Crippen molar-refractivity contribution in [3.05, 3.63) is 18.2 Å². The van der Waals surface area contributed by atoms with Crippen LogP contribution in [0.15, 0.2) is 12.4 Å². The van der Waals surface area contributed by atoms with Crippen LogP contribution in [0.1, 0.15) is 328 Å². The minimum atomic E-state index is 1.23. The first-order valence-electron chi connectivity index (χ1n) is 27.9. The van der Waals surface area contributed by atoms with Gasteiger partial charge in [-0.05, 0) is 32.1 Å². The van der Waals surface area contributed by atoms with E-state index in [1.807, 2.05) is 0 Å². The normalized spacial score (nSPS) is 11.7. The standard InChI is InChI=1S/C56H111N2/c1-4-7-10-13-16-19-22-25-27-29-31-34-37-40-43-46-49-52-57-54-55-58(56(57)51-48-45-42-39-36-33-24-21-18-15-12-9-6-3)53-50-47-44-41-38-35-32-30-28-26-23-20-17-14-11-8-5-2/h54-55H,4-53H2,1-3H3/q+1. The lowest BCUT2D eigenvalue weighted by Crippen LogP contribution is -2.37. The van der Waals surface area contributed by atoms with Crippen LogP contribution in [-0.2, 0) is 19.5 Å². The Hall–Kier alpha value is -0.790. The SMILES string of the molecule is CCCCCCCCCCCCCCCCCCCn1cc[n+](CCCCCCCCCCCCCCCCCCC)c1CCCCCCCCCCCCCCC. The number of nitrogens with zero attached hydrogens (tertiary/aromatic N) is 2. The smallest absolute Gasteiger partial charge is 0.234 e. The lowest BCUT2D eigenvalue weighted by atomic mass is 10.0. The molecule has 2 heteroatoms. The molecular formula is C56H111N2+. The second-order valence-corrected chi connectivity index (χ2v) is 19.4. The summed E-state index contributed by atoms with van der Waals surface area (Å²) in [5.74, 6) is 1.64. The number of unbranched alkanes of at least 4 members (excludes halogenated alkanes) is 44. The van der Waals surface area contributed by atoms with Crippen LogP contribution in [-0.4, -0.2) is 4.57 Å². The molecule has 1 aromatic rings. The topological polar surface area (TPSA) is 8.81 Å². The van der Waals surface area contributed by atoms with Crippen molar-refractivity contribution in [2.45, 2.75) is 342 Å². The molecule has 0 saturated carbocycles. The number of hydrogen-bond acceptors (Lipinski definition) is 0. The van der Waals surface area contributed by atoms with Crippen molar-refractivity contribution < 1.29 is 4.57 Å². The number of imidazole rings is 1. The zero-order chi connectivity index (χ0) is 41.5. The molecule has 0 unspecified atom stereocenters. The van der Waals surface area contributed by atoms with Crippen molar-refractivity contribution in [1.29, 1.82) is 0 Å². The Morgan fingerprint density at radius 1 is 0.293 bits per heavy atom. The van der Waals surface area contributed by atoms with Crippen LogP contribution < -0.4 is 4.57 Å². The second-order valence-electron chi connectivity index (χ2n) is 19.4. The van der Waals surface area contributed by atoms with E-state index < -0.39 is 0 Å². The number of rotatable bonds is 50. The molecule has 1 rings (SSSR count). The Kier molecular flexibility index (Phi) is 45.0. The third-order valence-corrected chi connectivity index (χ3v) is 13.6. The van der Waals surface area contributed by atoms with Crippen LogP contribution in [0.5, 0.6) is 0 Å². The zero-order valence-corrected chi connectivity index (χ0v) is 40.9. The van der Waals surface area contributed by atoms with Gasteiger partial charge in [-0.25, -0.2) is 9.13 Å². The van der Waals surface area contributed by atoms with Gasteiger partial charge in [-0.1, -0.05) is 290 Å². The molecular weight excluding hydrogens is 701 g/mol. The Bertz CT molecular complexity index is 832. The molecule has 0 aliphatic carbocycles. The third-order valence-electron chi connectivity index (χ3n) is 13.6. The lowest BCUT2D eigenvalue weighted by molar-refractivity contribution is -0.704.